The number of amides is 1. The van der Waals surface area contributed by atoms with E-state index in [9.17, 15) is 24.5 Å². The van der Waals surface area contributed by atoms with E-state index in [1.54, 1.807) is 30.3 Å². The number of benzene rings is 2. The van der Waals surface area contributed by atoms with Gasteiger partial charge in [0.1, 0.15) is 24.1 Å². The molecule has 1 aliphatic heterocycles. The van der Waals surface area contributed by atoms with Crippen molar-refractivity contribution in [2.45, 2.75) is 50.2 Å². The first-order chi connectivity index (χ1) is 15.4. The third-order valence-corrected chi connectivity index (χ3v) is 5.33. The van der Waals surface area contributed by atoms with Crippen LogP contribution in [-0.4, -0.2) is 58.6 Å². The number of carbonyl (C=O) groups excluding carboxylic acids is 1. The van der Waals surface area contributed by atoms with Crippen LogP contribution in [0.1, 0.15) is 23.1 Å². The summed E-state index contributed by atoms with van der Waals surface area (Å²) in [6.07, 6.45) is -5.22. The van der Waals surface area contributed by atoms with Crippen LogP contribution in [0.2, 0.25) is 0 Å². The Balaban J connectivity index is 1.45. The van der Waals surface area contributed by atoms with Crippen LogP contribution in [0.5, 0.6) is 5.75 Å². The number of carbonyl (C=O) groups is 1. The lowest BCUT2D eigenvalue weighted by atomic mass is 10.0. The highest BCUT2D eigenvalue weighted by atomic mass is 19.1. The molecule has 7 nitrogen and oxygen atoms in total. The summed E-state index contributed by atoms with van der Waals surface area (Å²) in [6.45, 7) is 3.58. The van der Waals surface area contributed by atoms with Crippen molar-refractivity contribution in [1.82, 2.24) is 5.32 Å². The average Bonchev–Trinajstić information content (AvgIpc) is 2.82. The first kappa shape index (κ1) is 23.9. The third-order valence-electron chi connectivity index (χ3n) is 5.33. The van der Waals surface area contributed by atoms with Crippen molar-refractivity contribution in [2.24, 2.45) is 0 Å². The van der Waals surface area contributed by atoms with Crippen LogP contribution in [0.4, 0.5) is 4.39 Å². The molecule has 2 aromatic rings. The number of halogens is 1. The van der Waals surface area contributed by atoms with E-state index < -0.39 is 37.4 Å². The number of hydrogen-bond acceptors (Lipinski definition) is 6. The Labute approximate surface area is 186 Å². The molecule has 0 aromatic heterocycles. The lowest BCUT2D eigenvalue weighted by Crippen LogP contribution is -2.58. The van der Waals surface area contributed by atoms with E-state index in [-0.39, 0.29) is 5.91 Å². The lowest BCUT2D eigenvalue weighted by molar-refractivity contribution is -0.261. The van der Waals surface area contributed by atoms with Crippen LogP contribution in [0.25, 0.3) is 6.08 Å². The van der Waals surface area contributed by atoms with Gasteiger partial charge in [0.25, 0.3) is 0 Å². The van der Waals surface area contributed by atoms with Gasteiger partial charge in [-0.15, -0.1) is 0 Å². The lowest BCUT2D eigenvalue weighted by Gasteiger charge is -2.38. The average molecular weight is 445 g/mol. The summed E-state index contributed by atoms with van der Waals surface area (Å²) in [6, 6.07) is 14.5. The molecule has 32 heavy (non-hydrogen) atoms. The molecule has 1 saturated heterocycles. The molecule has 1 heterocycles. The molecule has 0 spiro atoms. The zero-order valence-electron chi connectivity index (χ0n) is 17.6. The maximum absolute atomic E-state index is 14.2. The van der Waals surface area contributed by atoms with Gasteiger partial charge in [0, 0.05) is 13.0 Å². The molecule has 3 rings (SSSR count). The molecule has 0 unspecified atom stereocenters. The van der Waals surface area contributed by atoms with Crippen LogP contribution in [0, 0.1) is 0 Å². The second-order valence-corrected chi connectivity index (χ2v) is 7.64. The van der Waals surface area contributed by atoms with E-state index in [1.165, 1.54) is 0 Å². The highest BCUT2D eigenvalue weighted by Gasteiger charge is 2.46. The maximum atomic E-state index is 14.2. The summed E-state index contributed by atoms with van der Waals surface area (Å²) in [5.41, 5.74) is 2.92. The highest BCUT2D eigenvalue weighted by Crippen LogP contribution is 2.26. The molecule has 1 amide bonds. The molecule has 1 aliphatic rings. The summed E-state index contributed by atoms with van der Waals surface area (Å²) in [4.78, 5) is 12.1. The van der Waals surface area contributed by atoms with Gasteiger partial charge in [0.15, 0.2) is 6.17 Å². The van der Waals surface area contributed by atoms with Crippen LogP contribution in [0.15, 0.2) is 55.1 Å². The normalized spacial score (nSPS) is 25.2. The zero-order chi connectivity index (χ0) is 23.1. The van der Waals surface area contributed by atoms with E-state index in [1.807, 2.05) is 24.3 Å². The molecule has 5 atom stereocenters. The Morgan fingerprint density at radius 2 is 1.75 bits per heavy atom. The Morgan fingerprint density at radius 1 is 1.09 bits per heavy atom. The molecule has 0 aliphatic carbocycles. The van der Waals surface area contributed by atoms with E-state index >= 15 is 0 Å². The Hall–Kier alpha value is -2.78. The fourth-order valence-electron chi connectivity index (χ4n) is 3.33. The minimum Gasteiger partial charge on any atom is -0.462 e. The van der Waals surface area contributed by atoms with Crippen molar-refractivity contribution in [2.75, 3.05) is 6.61 Å². The molecule has 0 saturated carbocycles. The first-order valence-electron chi connectivity index (χ1n) is 10.4. The van der Waals surface area contributed by atoms with Crippen LogP contribution < -0.4 is 10.1 Å². The summed E-state index contributed by atoms with van der Waals surface area (Å²) in [5.74, 6) is 0.227. The topological polar surface area (TPSA) is 108 Å². The van der Waals surface area contributed by atoms with Gasteiger partial charge in [-0.25, -0.2) is 4.39 Å². The van der Waals surface area contributed by atoms with Gasteiger partial charge in [-0.05, 0) is 35.2 Å². The summed E-state index contributed by atoms with van der Waals surface area (Å²) in [5, 5.41) is 31.5. The Kier molecular flexibility index (Phi) is 8.35. The van der Waals surface area contributed by atoms with Crippen LogP contribution in [-0.2, 0) is 22.5 Å². The van der Waals surface area contributed by atoms with Gasteiger partial charge in [-0.2, -0.15) is 0 Å². The number of ether oxygens (including phenoxy) is 2. The molecule has 0 bridgehead atoms. The zero-order valence-corrected chi connectivity index (χ0v) is 17.6. The largest absolute Gasteiger partial charge is 0.462 e. The number of aryl methyl sites for hydroxylation is 1. The van der Waals surface area contributed by atoms with Crippen molar-refractivity contribution in [3.63, 3.8) is 0 Å². The van der Waals surface area contributed by atoms with Gasteiger partial charge in [0.05, 0.1) is 6.61 Å². The van der Waals surface area contributed by atoms with Gasteiger partial charge < -0.3 is 30.1 Å². The van der Waals surface area contributed by atoms with Crippen LogP contribution in [0.3, 0.4) is 0 Å². The summed E-state index contributed by atoms with van der Waals surface area (Å²) >= 11 is 0. The summed E-state index contributed by atoms with van der Waals surface area (Å²) < 4.78 is 24.9. The number of alkyl halides is 1. The second-order valence-electron chi connectivity index (χ2n) is 7.64. The summed E-state index contributed by atoms with van der Waals surface area (Å²) in [7, 11) is 0. The molecule has 172 valence electrons. The maximum Gasteiger partial charge on any atom is 0.234 e. The fourth-order valence-corrected chi connectivity index (χ4v) is 3.33. The predicted octanol–water partition coefficient (Wildman–Crippen LogP) is 1.73. The van der Waals surface area contributed by atoms with Crippen molar-refractivity contribution in [3.8, 4) is 5.75 Å². The van der Waals surface area contributed by atoms with Crippen molar-refractivity contribution in [3.05, 3.63) is 71.8 Å². The fraction of sp³-hybridized carbons (Fsp3) is 0.375. The Bertz CT molecular complexity index is 886. The monoisotopic (exact) mass is 445 g/mol. The standard InChI is InChI=1S/C24H28FNO6/c1-2-15-3-5-17(6-4-15)13-26-20(28)12-9-16-7-10-18(11-8-16)31-24-21(25)23(30)22(29)19(14-27)32-24/h2-8,10-11,19,21-24,27,29-30H,1,9,12-14H2,(H,26,28)/t19-,21+,22-,23-,24-/m1/s1. The molecule has 8 heteroatoms. The minimum atomic E-state index is -1.97. The van der Waals surface area contributed by atoms with Gasteiger partial charge in [-0.3, -0.25) is 4.79 Å². The first-order valence-corrected chi connectivity index (χ1v) is 10.4. The molecule has 1 fully saturated rings. The Morgan fingerprint density at radius 3 is 2.38 bits per heavy atom. The van der Waals surface area contributed by atoms with Crippen molar-refractivity contribution < 1.29 is 34.0 Å². The molecular formula is C24H28FNO6. The number of hydrogen-bond donors (Lipinski definition) is 4. The molecule has 4 N–H and O–H groups in total. The predicted molar refractivity (Wildman–Crippen MR) is 116 cm³/mol. The highest BCUT2D eigenvalue weighted by molar-refractivity contribution is 5.76. The molecule has 2 aromatic carbocycles. The van der Waals surface area contributed by atoms with E-state index in [4.69, 9.17) is 9.47 Å². The smallest absolute Gasteiger partial charge is 0.234 e. The number of rotatable bonds is 9. The number of aliphatic hydroxyl groups excluding tert-OH is 3. The number of aliphatic hydroxyl groups is 3. The SMILES string of the molecule is C=Cc1ccc(CNC(=O)CCc2ccc(O[C@@H]3O[C@H](CO)[C@@H](O)[C@H](O)[C@@H]3F)cc2)cc1. The van der Waals surface area contributed by atoms with Gasteiger partial charge >= 0.3 is 0 Å². The van der Waals surface area contributed by atoms with Crippen molar-refractivity contribution >= 4 is 12.0 Å². The van der Waals surface area contributed by atoms with Crippen LogP contribution >= 0.6 is 0 Å². The quantitative estimate of drug-likeness (QED) is 0.468. The number of nitrogens with one attached hydrogen (secondary N) is 1. The van der Waals surface area contributed by atoms with Gasteiger partial charge in [0.2, 0.25) is 12.2 Å². The molecule has 0 radical (unpaired) electrons. The van der Waals surface area contributed by atoms with E-state index in [2.05, 4.69) is 11.9 Å². The minimum absolute atomic E-state index is 0.0726. The second kappa shape index (κ2) is 11.2. The van der Waals surface area contributed by atoms with Crippen molar-refractivity contribution in [1.29, 1.82) is 0 Å². The molecular weight excluding hydrogens is 417 g/mol. The van der Waals surface area contributed by atoms with E-state index in [0.717, 1.165) is 16.7 Å². The van der Waals surface area contributed by atoms with E-state index in [0.29, 0.717) is 25.1 Å². The third kappa shape index (κ3) is 6.14. The van der Waals surface area contributed by atoms with Gasteiger partial charge in [-0.1, -0.05) is 49.1 Å².